The van der Waals surface area contributed by atoms with Gasteiger partial charge in [0.2, 0.25) is 0 Å². The molecule has 0 aromatic heterocycles. The molecule has 2 N–H and O–H groups in total. The zero-order chi connectivity index (χ0) is 19.4. The van der Waals surface area contributed by atoms with Gasteiger partial charge in [-0.15, -0.1) is 10.8 Å². The predicted octanol–water partition coefficient (Wildman–Crippen LogP) is 4.58. The van der Waals surface area contributed by atoms with Crippen molar-refractivity contribution in [1.82, 2.24) is 4.31 Å². The van der Waals surface area contributed by atoms with Crippen molar-refractivity contribution in [3.8, 4) is 0 Å². The molecule has 1 unspecified atom stereocenters. The van der Waals surface area contributed by atoms with Crippen LogP contribution in [0.25, 0.3) is 0 Å². The van der Waals surface area contributed by atoms with E-state index in [-0.39, 0.29) is 17.5 Å². The van der Waals surface area contributed by atoms with Crippen LogP contribution in [0, 0.1) is 5.92 Å². The summed E-state index contributed by atoms with van der Waals surface area (Å²) in [6, 6.07) is 19.1. The number of carbonyl (C=O) groups excluding carboxylic acids is 1. The number of rotatable bonds is 6. The number of benzene rings is 2. The molecule has 0 radical (unpaired) electrons. The van der Waals surface area contributed by atoms with Crippen molar-refractivity contribution in [3.05, 3.63) is 71.8 Å². The van der Waals surface area contributed by atoms with E-state index >= 15 is 0 Å². The molecular formula is C21H26N2O3S. The van der Waals surface area contributed by atoms with E-state index in [2.05, 4.69) is 4.99 Å². The molecule has 1 saturated heterocycles. The summed E-state index contributed by atoms with van der Waals surface area (Å²) in [5.74, 6) is -0.245. The van der Waals surface area contributed by atoms with Gasteiger partial charge < -0.3 is 0 Å². The molecule has 0 aliphatic carbocycles. The number of amides is 1. The van der Waals surface area contributed by atoms with Crippen LogP contribution in [0.5, 0.6) is 0 Å². The molecule has 5 nitrogen and oxygen atoms in total. The van der Waals surface area contributed by atoms with E-state index in [0.717, 1.165) is 5.56 Å². The third-order valence-corrected chi connectivity index (χ3v) is 6.58. The Balaban J connectivity index is 1.92. The second kappa shape index (κ2) is 8.25. The van der Waals surface area contributed by atoms with Crippen LogP contribution in [-0.2, 0) is 11.2 Å². The first-order valence-electron chi connectivity index (χ1n) is 9.13. The van der Waals surface area contributed by atoms with E-state index in [1.165, 1.54) is 4.31 Å². The molecule has 3 rings (SSSR count). The molecule has 1 aliphatic rings. The minimum Gasteiger partial charge on any atom is -0.281 e. The number of hydrogen-bond donors (Lipinski definition) is 2. The highest BCUT2D eigenvalue weighted by Crippen LogP contribution is 2.62. The van der Waals surface area contributed by atoms with Gasteiger partial charge in [-0.1, -0.05) is 74.5 Å². The first-order chi connectivity index (χ1) is 12.9. The molecule has 0 spiro atoms. The number of carbonyl (C=O) groups is 1. The van der Waals surface area contributed by atoms with Crippen molar-refractivity contribution in [1.29, 1.82) is 0 Å². The Hall–Kier alpha value is -2.15. The van der Waals surface area contributed by atoms with Crippen LogP contribution in [0.2, 0.25) is 0 Å². The molecule has 0 bridgehead atoms. The summed E-state index contributed by atoms with van der Waals surface area (Å²) >= 11 is 0. The van der Waals surface area contributed by atoms with Gasteiger partial charge in [-0.05, 0) is 23.5 Å². The van der Waals surface area contributed by atoms with Crippen LogP contribution < -0.4 is 0 Å². The summed E-state index contributed by atoms with van der Waals surface area (Å²) in [4.78, 5) is 17.5. The van der Waals surface area contributed by atoms with Gasteiger partial charge >= 0.3 is 0 Å². The van der Waals surface area contributed by atoms with E-state index in [1.54, 1.807) is 0 Å². The number of aliphatic imine (C=N–C) groups is 1. The van der Waals surface area contributed by atoms with Crippen LogP contribution in [0.1, 0.15) is 30.2 Å². The maximum atomic E-state index is 13.0. The first-order valence-corrected chi connectivity index (χ1v) is 10.7. The Kier molecular flexibility index (Phi) is 5.99. The summed E-state index contributed by atoms with van der Waals surface area (Å²) in [6.07, 6.45) is 0.697. The fraction of sp³-hybridized carbons (Fsp3) is 0.333. The molecule has 1 atom stereocenters. The van der Waals surface area contributed by atoms with Crippen LogP contribution in [0.15, 0.2) is 65.7 Å². The third-order valence-electron chi connectivity index (χ3n) is 4.49. The van der Waals surface area contributed by atoms with Crippen LogP contribution in [0.4, 0.5) is 0 Å². The molecule has 2 aromatic rings. The minimum atomic E-state index is -3.32. The van der Waals surface area contributed by atoms with Crippen molar-refractivity contribution < 1.29 is 13.9 Å². The fourth-order valence-corrected chi connectivity index (χ4v) is 5.34. The Morgan fingerprint density at radius 3 is 2.22 bits per heavy atom. The van der Waals surface area contributed by atoms with Crippen molar-refractivity contribution in [2.24, 2.45) is 10.9 Å². The molecule has 1 amide bonds. The van der Waals surface area contributed by atoms with Crippen LogP contribution in [-0.4, -0.2) is 38.1 Å². The zero-order valence-corrected chi connectivity index (χ0v) is 16.5. The Labute approximate surface area is 162 Å². The van der Waals surface area contributed by atoms with Gasteiger partial charge in [0.05, 0.1) is 0 Å². The lowest BCUT2D eigenvalue weighted by molar-refractivity contribution is -0.119. The summed E-state index contributed by atoms with van der Waals surface area (Å²) < 4.78 is 23.1. The molecule has 6 heteroatoms. The van der Waals surface area contributed by atoms with Crippen molar-refractivity contribution in [3.63, 3.8) is 0 Å². The Morgan fingerprint density at radius 2 is 1.63 bits per heavy atom. The third kappa shape index (κ3) is 4.24. The summed E-state index contributed by atoms with van der Waals surface area (Å²) in [5, 5.41) is -0.805. The fourth-order valence-electron chi connectivity index (χ4n) is 3.23. The van der Waals surface area contributed by atoms with Gasteiger partial charge in [-0.2, -0.15) is 0 Å². The first kappa shape index (κ1) is 19.6. The average Bonchev–Trinajstić information content (AvgIpc) is 2.83. The largest absolute Gasteiger partial charge is 0.288 e. The highest BCUT2D eigenvalue weighted by atomic mass is 32.3. The van der Waals surface area contributed by atoms with Gasteiger partial charge in [-0.3, -0.25) is 18.9 Å². The molecule has 1 heterocycles. The van der Waals surface area contributed by atoms with Crippen molar-refractivity contribution >= 4 is 22.4 Å². The smallest absolute Gasteiger partial charge is 0.281 e. The maximum absolute atomic E-state index is 13.0. The second-order valence-electron chi connectivity index (χ2n) is 7.11. The highest BCUT2D eigenvalue weighted by molar-refractivity contribution is 8.24. The lowest BCUT2D eigenvalue weighted by Gasteiger charge is -2.40. The monoisotopic (exact) mass is 386 g/mol. The Morgan fingerprint density at radius 1 is 1.04 bits per heavy atom. The predicted molar refractivity (Wildman–Crippen MR) is 111 cm³/mol. The summed E-state index contributed by atoms with van der Waals surface area (Å²) in [5.41, 5.74) is 2.09. The number of hydrogen-bond acceptors (Lipinski definition) is 4. The van der Waals surface area contributed by atoms with E-state index < -0.39 is 16.0 Å². The normalized spacial score (nSPS) is 21.8. The lowest BCUT2D eigenvalue weighted by Crippen LogP contribution is -2.32. The Bertz CT molecular complexity index is 807. The molecule has 2 aromatic carbocycles. The van der Waals surface area contributed by atoms with Crippen LogP contribution in [0.3, 0.4) is 0 Å². The molecule has 1 aliphatic heterocycles. The molecule has 1 fully saturated rings. The van der Waals surface area contributed by atoms with Crippen LogP contribution >= 0.6 is 10.8 Å². The van der Waals surface area contributed by atoms with Gasteiger partial charge in [0, 0.05) is 13.1 Å². The van der Waals surface area contributed by atoms with Gasteiger partial charge in [0.15, 0.2) is 0 Å². The van der Waals surface area contributed by atoms with Crippen molar-refractivity contribution in [2.45, 2.75) is 25.5 Å². The van der Waals surface area contributed by atoms with E-state index in [1.807, 2.05) is 74.5 Å². The van der Waals surface area contributed by atoms with E-state index in [0.29, 0.717) is 25.1 Å². The van der Waals surface area contributed by atoms with E-state index in [9.17, 15) is 13.9 Å². The SMILES string of the molecule is CC(C)CN1C(=O)C(=NCCc2ccccc2)C(c2ccccc2)S1(O)O. The molecule has 0 saturated carbocycles. The minimum absolute atomic E-state index is 0.125. The van der Waals surface area contributed by atoms with Gasteiger partial charge in [0.1, 0.15) is 11.0 Å². The highest BCUT2D eigenvalue weighted by Gasteiger charge is 2.50. The average molecular weight is 387 g/mol. The maximum Gasteiger partial charge on any atom is 0.288 e. The summed E-state index contributed by atoms with van der Waals surface area (Å²) in [7, 11) is -3.32. The second-order valence-corrected chi connectivity index (χ2v) is 9.15. The summed E-state index contributed by atoms with van der Waals surface area (Å²) in [6.45, 7) is 4.62. The quantitative estimate of drug-likeness (QED) is 0.763. The lowest BCUT2D eigenvalue weighted by atomic mass is 10.1. The number of nitrogens with zero attached hydrogens (tertiary/aromatic N) is 2. The molecular weight excluding hydrogens is 360 g/mol. The molecule has 27 heavy (non-hydrogen) atoms. The van der Waals surface area contributed by atoms with Crippen molar-refractivity contribution in [2.75, 3.05) is 13.1 Å². The van der Waals surface area contributed by atoms with Gasteiger partial charge in [0.25, 0.3) is 5.91 Å². The standard InChI is InChI=1S/C21H26N2O3S/c1-16(2)15-23-21(24)19(22-14-13-17-9-5-3-6-10-17)20(27(23,25)26)18-11-7-4-8-12-18/h3-12,16,20,25-26H,13-15H2,1-2H3. The topological polar surface area (TPSA) is 73.1 Å². The zero-order valence-electron chi connectivity index (χ0n) is 15.7. The molecule has 144 valence electrons. The van der Waals surface area contributed by atoms with E-state index in [4.69, 9.17) is 0 Å². The van der Waals surface area contributed by atoms with Gasteiger partial charge in [-0.25, -0.2) is 4.31 Å².